The number of hydrogen-bond donors (Lipinski definition) is 0. The molecule has 7 heteroatoms. The molecule has 0 aromatic heterocycles. The molecule has 1 aliphatic rings. The molecule has 118 valence electrons. The Morgan fingerprint density at radius 3 is 2.86 bits per heavy atom. The average Bonchev–Trinajstić information content (AvgIpc) is 2.71. The summed E-state index contributed by atoms with van der Waals surface area (Å²) in [6.45, 7) is 1.41. The SMILES string of the molecule is C[C@@H]1CC(=O)[C@H](CCCC/C=C/C(=O)OCO[N+](=O)[O-])C1. The minimum absolute atomic E-state index is 0.216. The molecule has 1 fully saturated rings. The molecule has 1 rings (SSSR count). The Morgan fingerprint density at radius 1 is 1.48 bits per heavy atom. The molecule has 0 radical (unpaired) electrons. The van der Waals surface area contributed by atoms with Crippen LogP contribution in [0.1, 0.15) is 45.4 Å². The summed E-state index contributed by atoms with van der Waals surface area (Å²) in [6.07, 6.45) is 8.07. The van der Waals surface area contributed by atoms with E-state index in [4.69, 9.17) is 0 Å². The summed E-state index contributed by atoms with van der Waals surface area (Å²) in [5.41, 5.74) is 0. The molecule has 0 aromatic carbocycles. The highest BCUT2D eigenvalue weighted by atomic mass is 17.0. The number of nitrogens with zero attached hydrogens (tertiary/aromatic N) is 1. The van der Waals surface area contributed by atoms with Crippen LogP contribution in [0.25, 0.3) is 0 Å². The first-order chi connectivity index (χ1) is 9.99. The Hall–Kier alpha value is -1.92. The van der Waals surface area contributed by atoms with Crippen molar-refractivity contribution in [2.75, 3.05) is 6.79 Å². The van der Waals surface area contributed by atoms with E-state index < -0.39 is 17.8 Å². The van der Waals surface area contributed by atoms with Gasteiger partial charge in [-0.05, 0) is 31.6 Å². The van der Waals surface area contributed by atoms with Crippen molar-refractivity contribution in [1.82, 2.24) is 0 Å². The lowest BCUT2D eigenvalue weighted by Crippen LogP contribution is -2.09. The number of hydrogen-bond acceptors (Lipinski definition) is 6. The van der Waals surface area contributed by atoms with E-state index in [0.29, 0.717) is 24.5 Å². The second kappa shape index (κ2) is 9.10. The average molecular weight is 299 g/mol. The summed E-state index contributed by atoms with van der Waals surface area (Å²) in [6, 6.07) is 0. The van der Waals surface area contributed by atoms with Crippen LogP contribution in [-0.4, -0.2) is 23.6 Å². The maximum absolute atomic E-state index is 11.6. The Kier molecular flexibility index (Phi) is 7.42. The van der Waals surface area contributed by atoms with Crippen molar-refractivity contribution < 1.29 is 24.3 Å². The minimum Gasteiger partial charge on any atom is -0.435 e. The van der Waals surface area contributed by atoms with E-state index in [-0.39, 0.29) is 5.92 Å². The van der Waals surface area contributed by atoms with E-state index in [2.05, 4.69) is 16.5 Å². The predicted molar refractivity (Wildman–Crippen MR) is 73.5 cm³/mol. The number of allylic oxidation sites excluding steroid dienone is 1. The van der Waals surface area contributed by atoms with Crippen LogP contribution in [-0.2, 0) is 19.2 Å². The lowest BCUT2D eigenvalue weighted by atomic mass is 9.98. The standard InChI is InChI=1S/C14H21NO6/c1-11-8-12(13(16)9-11)6-4-2-3-5-7-14(17)20-10-21-15(18)19/h5,7,11-12H,2-4,6,8-10H2,1H3/b7-5+/t11-,12+/m0/s1. The lowest BCUT2D eigenvalue weighted by molar-refractivity contribution is -0.765. The molecule has 0 bridgehead atoms. The van der Waals surface area contributed by atoms with Crippen LogP contribution in [0.15, 0.2) is 12.2 Å². The summed E-state index contributed by atoms with van der Waals surface area (Å²) < 4.78 is 4.43. The molecule has 0 saturated heterocycles. The van der Waals surface area contributed by atoms with E-state index in [9.17, 15) is 19.7 Å². The molecular formula is C14H21NO6. The number of Topliss-reactive ketones (excluding diaryl/α,β-unsaturated/α-hetero) is 1. The van der Waals surface area contributed by atoms with E-state index in [1.54, 1.807) is 6.08 Å². The van der Waals surface area contributed by atoms with Gasteiger partial charge in [-0.15, -0.1) is 10.1 Å². The van der Waals surface area contributed by atoms with Crippen LogP contribution in [0.4, 0.5) is 0 Å². The number of ketones is 1. The van der Waals surface area contributed by atoms with Gasteiger partial charge in [0.1, 0.15) is 5.78 Å². The molecule has 2 atom stereocenters. The van der Waals surface area contributed by atoms with Crippen molar-refractivity contribution in [3.63, 3.8) is 0 Å². The maximum atomic E-state index is 11.6. The fraction of sp³-hybridized carbons (Fsp3) is 0.714. The van der Waals surface area contributed by atoms with Crippen LogP contribution in [0.5, 0.6) is 0 Å². The minimum atomic E-state index is -1.03. The molecule has 0 aromatic rings. The molecule has 21 heavy (non-hydrogen) atoms. The molecular weight excluding hydrogens is 278 g/mol. The number of unbranched alkanes of at least 4 members (excludes halogenated alkanes) is 2. The molecule has 1 aliphatic carbocycles. The monoisotopic (exact) mass is 299 g/mol. The van der Waals surface area contributed by atoms with Crippen LogP contribution >= 0.6 is 0 Å². The fourth-order valence-corrected chi connectivity index (χ4v) is 2.50. The second-order valence-electron chi connectivity index (χ2n) is 5.33. The van der Waals surface area contributed by atoms with Gasteiger partial charge < -0.3 is 4.74 Å². The summed E-state index contributed by atoms with van der Waals surface area (Å²) in [5, 5.41) is 8.79. The smallest absolute Gasteiger partial charge is 0.332 e. The number of ether oxygens (including phenoxy) is 1. The van der Waals surface area contributed by atoms with Crippen LogP contribution in [0.3, 0.4) is 0 Å². The van der Waals surface area contributed by atoms with Gasteiger partial charge in [0.15, 0.2) is 0 Å². The van der Waals surface area contributed by atoms with Gasteiger partial charge in [0.05, 0.1) is 0 Å². The van der Waals surface area contributed by atoms with Gasteiger partial charge in [-0.1, -0.05) is 19.4 Å². The van der Waals surface area contributed by atoms with Crippen molar-refractivity contribution in [2.45, 2.75) is 45.4 Å². The van der Waals surface area contributed by atoms with Gasteiger partial charge in [0.25, 0.3) is 5.09 Å². The molecule has 0 amide bonds. The Labute approximate surface area is 123 Å². The van der Waals surface area contributed by atoms with Gasteiger partial charge in [0.2, 0.25) is 6.79 Å². The molecule has 7 nitrogen and oxygen atoms in total. The quantitative estimate of drug-likeness (QED) is 0.162. The second-order valence-corrected chi connectivity index (χ2v) is 5.33. The van der Waals surface area contributed by atoms with Crippen molar-refractivity contribution in [1.29, 1.82) is 0 Å². The Bertz CT molecular complexity index is 406. The Morgan fingerprint density at radius 2 is 2.24 bits per heavy atom. The molecule has 0 aliphatic heterocycles. The largest absolute Gasteiger partial charge is 0.435 e. The van der Waals surface area contributed by atoms with Crippen molar-refractivity contribution >= 4 is 11.8 Å². The predicted octanol–water partition coefficient (Wildman–Crippen LogP) is 2.43. The van der Waals surface area contributed by atoms with Crippen LogP contribution in [0.2, 0.25) is 0 Å². The highest BCUT2D eigenvalue weighted by molar-refractivity contribution is 5.83. The lowest BCUT2D eigenvalue weighted by Gasteiger charge is -2.06. The van der Waals surface area contributed by atoms with Crippen LogP contribution < -0.4 is 0 Å². The Balaban J connectivity index is 2.03. The number of carbonyl (C=O) groups is 2. The van der Waals surface area contributed by atoms with Crippen molar-refractivity contribution in [3.05, 3.63) is 22.3 Å². The van der Waals surface area contributed by atoms with E-state index in [1.807, 2.05) is 0 Å². The van der Waals surface area contributed by atoms with E-state index >= 15 is 0 Å². The summed E-state index contributed by atoms with van der Waals surface area (Å²) in [5.74, 6) is 0.441. The fourth-order valence-electron chi connectivity index (χ4n) is 2.50. The highest BCUT2D eigenvalue weighted by Crippen LogP contribution is 2.30. The third-order valence-corrected chi connectivity index (χ3v) is 3.48. The zero-order chi connectivity index (χ0) is 15.7. The summed E-state index contributed by atoms with van der Waals surface area (Å²) >= 11 is 0. The summed E-state index contributed by atoms with van der Waals surface area (Å²) in [4.78, 5) is 36.4. The third kappa shape index (κ3) is 7.43. The first kappa shape index (κ1) is 17.1. The van der Waals surface area contributed by atoms with Crippen molar-refractivity contribution in [2.24, 2.45) is 11.8 Å². The van der Waals surface area contributed by atoms with Gasteiger partial charge in [-0.2, -0.15) is 0 Å². The van der Waals surface area contributed by atoms with Crippen molar-refractivity contribution in [3.8, 4) is 0 Å². The molecule has 0 unspecified atom stereocenters. The molecule has 0 N–H and O–H groups in total. The molecule has 0 spiro atoms. The first-order valence-electron chi connectivity index (χ1n) is 7.12. The zero-order valence-corrected chi connectivity index (χ0v) is 12.2. The number of rotatable bonds is 9. The van der Waals surface area contributed by atoms with E-state index in [1.165, 1.54) is 6.08 Å². The number of esters is 1. The van der Waals surface area contributed by atoms with E-state index in [0.717, 1.165) is 25.7 Å². The third-order valence-electron chi connectivity index (χ3n) is 3.48. The first-order valence-corrected chi connectivity index (χ1v) is 7.12. The van der Waals surface area contributed by atoms with Gasteiger partial charge in [0, 0.05) is 18.4 Å². The summed E-state index contributed by atoms with van der Waals surface area (Å²) in [7, 11) is 0. The maximum Gasteiger partial charge on any atom is 0.332 e. The van der Waals surface area contributed by atoms with Gasteiger partial charge in [-0.25, -0.2) is 4.79 Å². The molecule has 1 saturated carbocycles. The van der Waals surface area contributed by atoms with Gasteiger partial charge in [-0.3, -0.25) is 9.63 Å². The van der Waals surface area contributed by atoms with Crippen LogP contribution in [0, 0.1) is 22.0 Å². The van der Waals surface area contributed by atoms with Gasteiger partial charge >= 0.3 is 5.97 Å². The zero-order valence-electron chi connectivity index (χ0n) is 12.2. The highest BCUT2D eigenvalue weighted by Gasteiger charge is 2.28. The topological polar surface area (TPSA) is 95.7 Å². The molecule has 0 heterocycles. The normalized spacial score (nSPS) is 21.7. The number of carbonyl (C=O) groups excluding carboxylic acids is 2.